The van der Waals surface area contributed by atoms with Crippen LogP contribution in [0.3, 0.4) is 0 Å². The highest BCUT2D eigenvalue weighted by Crippen LogP contribution is 2.21. The minimum absolute atomic E-state index is 0.0933. The first-order valence-corrected chi connectivity index (χ1v) is 6.76. The first-order valence-electron chi connectivity index (χ1n) is 6.38. The predicted molar refractivity (Wildman–Crippen MR) is 74.0 cm³/mol. The third kappa shape index (κ3) is 3.93. The molecule has 20 heavy (non-hydrogen) atoms. The Balaban J connectivity index is 2.97. The number of carboxylic acid groups (broad SMARTS) is 1. The zero-order valence-corrected chi connectivity index (χ0v) is 12.1. The highest BCUT2D eigenvalue weighted by atomic mass is 35.5. The van der Waals surface area contributed by atoms with E-state index in [1.54, 1.807) is 0 Å². The highest BCUT2D eigenvalue weighted by molar-refractivity contribution is 6.30. The van der Waals surface area contributed by atoms with Crippen LogP contribution in [-0.2, 0) is 9.59 Å². The summed E-state index contributed by atoms with van der Waals surface area (Å²) in [6, 6.07) is 2.40. The van der Waals surface area contributed by atoms with Crippen molar-refractivity contribution in [1.29, 1.82) is 0 Å². The number of carbonyl (C=O) groups excluding carboxylic acids is 1. The summed E-state index contributed by atoms with van der Waals surface area (Å²) in [5, 5.41) is 11.5. The van der Waals surface area contributed by atoms with Gasteiger partial charge >= 0.3 is 5.97 Å². The molecule has 0 saturated heterocycles. The van der Waals surface area contributed by atoms with Crippen LogP contribution in [0.1, 0.15) is 38.3 Å². The van der Waals surface area contributed by atoms with Crippen LogP contribution in [0.15, 0.2) is 18.2 Å². The van der Waals surface area contributed by atoms with Crippen molar-refractivity contribution in [3.05, 3.63) is 34.6 Å². The van der Waals surface area contributed by atoms with Gasteiger partial charge in [-0.2, -0.15) is 0 Å². The van der Waals surface area contributed by atoms with Crippen LogP contribution < -0.4 is 5.32 Å². The standard InChI is InChI=1S/C14H17ClFNO3/c1-3-8(4-2)13(18)17-12(14(19)20)9-5-6-10(15)11(16)7-9/h5-8,12H,3-4H2,1-2H3,(H,17,18)(H,19,20). The fourth-order valence-corrected chi connectivity index (χ4v) is 2.02. The molecule has 0 heterocycles. The van der Waals surface area contributed by atoms with Crippen LogP contribution in [0.4, 0.5) is 4.39 Å². The first kappa shape index (κ1) is 16.4. The lowest BCUT2D eigenvalue weighted by atomic mass is 10.0. The van der Waals surface area contributed by atoms with E-state index >= 15 is 0 Å². The molecule has 0 bridgehead atoms. The number of aliphatic carboxylic acids is 1. The lowest BCUT2D eigenvalue weighted by Gasteiger charge is -2.19. The number of halogens is 2. The van der Waals surface area contributed by atoms with Crippen molar-refractivity contribution in [2.75, 3.05) is 0 Å². The molecule has 1 rings (SSSR count). The molecule has 0 saturated carbocycles. The Morgan fingerprint density at radius 2 is 1.95 bits per heavy atom. The largest absolute Gasteiger partial charge is 0.479 e. The third-order valence-corrected chi connectivity index (χ3v) is 3.47. The summed E-state index contributed by atoms with van der Waals surface area (Å²) in [5.41, 5.74) is 0.152. The van der Waals surface area contributed by atoms with Gasteiger partial charge in [0.1, 0.15) is 5.82 Å². The number of carbonyl (C=O) groups is 2. The van der Waals surface area contributed by atoms with Crippen molar-refractivity contribution in [1.82, 2.24) is 5.32 Å². The van der Waals surface area contributed by atoms with Gasteiger partial charge in [0.15, 0.2) is 6.04 Å². The number of hydrogen-bond donors (Lipinski definition) is 2. The maximum Gasteiger partial charge on any atom is 0.330 e. The van der Waals surface area contributed by atoms with Crippen molar-refractivity contribution in [3.63, 3.8) is 0 Å². The normalized spacial score (nSPS) is 12.2. The van der Waals surface area contributed by atoms with Gasteiger partial charge in [-0.05, 0) is 30.5 Å². The van der Waals surface area contributed by atoms with Gasteiger partial charge in [-0.25, -0.2) is 9.18 Å². The summed E-state index contributed by atoms with van der Waals surface area (Å²) in [4.78, 5) is 23.2. The number of hydrogen-bond acceptors (Lipinski definition) is 2. The molecule has 0 radical (unpaired) electrons. The first-order chi connectivity index (χ1) is 9.40. The van der Waals surface area contributed by atoms with Crippen molar-refractivity contribution in [2.24, 2.45) is 5.92 Å². The molecule has 6 heteroatoms. The Labute approximate surface area is 121 Å². The summed E-state index contributed by atoms with van der Waals surface area (Å²) >= 11 is 5.56. The number of carboxylic acids is 1. The maximum absolute atomic E-state index is 13.4. The minimum atomic E-state index is -1.28. The van der Waals surface area contributed by atoms with Crippen LogP contribution in [0.5, 0.6) is 0 Å². The lowest BCUT2D eigenvalue weighted by Crippen LogP contribution is -2.37. The molecular weight excluding hydrogens is 285 g/mol. The molecular formula is C14H17ClFNO3. The molecule has 1 aromatic rings. The van der Waals surface area contributed by atoms with Crippen LogP contribution in [-0.4, -0.2) is 17.0 Å². The van der Waals surface area contributed by atoms with E-state index in [4.69, 9.17) is 11.6 Å². The summed E-state index contributed by atoms with van der Waals surface area (Å²) in [6.45, 7) is 3.71. The van der Waals surface area contributed by atoms with Gasteiger partial charge in [-0.15, -0.1) is 0 Å². The molecule has 0 spiro atoms. The van der Waals surface area contributed by atoms with Gasteiger partial charge in [0.25, 0.3) is 0 Å². The molecule has 0 aromatic heterocycles. The van der Waals surface area contributed by atoms with E-state index in [1.165, 1.54) is 12.1 Å². The van der Waals surface area contributed by atoms with Gasteiger partial charge in [-0.1, -0.05) is 31.5 Å². The SMILES string of the molecule is CCC(CC)C(=O)NC(C(=O)O)c1ccc(Cl)c(F)c1. The second kappa shape index (κ2) is 7.24. The molecule has 0 aliphatic heterocycles. The van der Waals surface area contributed by atoms with Gasteiger partial charge in [0, 0.05) is 5.92 Å². The zero-order chi connectivity index (χ0) is 15.3. The smallest absolute Gasteiger partial charge is 0.330 e. The Hall–Kier alpha value is -1.62. The van der Waals surface area contributed by atoms with E-state index in [0.717, 1.165) is 6.07 Å². The molecule has 0 aliphatic carbocycles. The van der Waals surface area contributed by atoms with Gasteiger partial charge in [0.2, 0.25) is 5.91 Å². The molecule has 1 atom stereocenters. The zero-order valence-electron chi connectivity index (χ0n) is 11.3. The van der Waals surface area contributed by atoms with Gasteiger partial charge < -0.3 is 10.4 Å². The monoisotopic (exact) mass is 301 g/mol. The molecule has 0 fully saturated rings. The quantitative estimate of drug-likeness (QED) is 0.848. The minimum Gasteiger partial charge on any atom is -0.479 e. The summed E-state index contributed by atoms with van der Waals surface area (Å²) in [5.74, 6) is -2.56. The fraction of sp³-hybridized carbons (Fsp3) is 0.429. The summed E-state index contributed by atoms with van der Waals surface area (Å²) in [6.07, 6.45) is 1.23. The second-order valence-corrected chi connectivity index (χ2v) is 4.87. The number of nitrogens with one attached hydrogen (secondary N) is 1. The number of amides is 1. The van der Waals surface area contributed by atoms with Gasteiger partial charge in [-0.3, -0.25) is 4.79 Å². The van der Waals surface area contributed by atoms with Crippen molar-refractivity contribution >= 4 is 23.5 Å². The fourth-order valence-electron chi connectivity index (χ4n) is 1.90. The highest BCUT2D eigenvalue weighted by Gasteiger charge is 2.25. The van der Waals surface area contributed by atoms with E-state index in [0.29, 0.717) is 12.8 Å². The van der Waals surface area contributed by atoms with E-state index in [1.807, 2.05) is 13.8 Å². The predicted octanol–water partition coefficient (Wildman–Crippen LogP) is 3.16. The molecule has 2 N–H and O–H groups in total. The molecule has 4 nitrogen and oxygen atoms in total. The molecule has 110 valence electrons. The molecule has 1 aromatic carbocycles. The molecule has 0 aliphatic rings. The van der Waals surface area contributed by atoms with Crippen LogP contribution >= 0.6 is 11.6 Å². The summed E-state index contributed by atoms with van der Waals surface area (Å²) in [7, 11) is 0. The molecule has 1 unspecified atom stereocenters. The van der Waals surface area contributed by atoms with Crippen molar-refractivity contribution < 1.29 is 19.1 Å². The maximum atomic E-state index is 13.4. The van der Waals surface area contributed by atoms with Crippen LogP contribution in [0, 0.1) is 11.7 Å². The molecule has 1 amide bonds. The number of benzene rings is 1. The van der Waals surface area contributed by atoms with E-state index < -0.39 is 17.8 Å². The number of rotatable bonds is 6. The van der Waals surface area contributed by atoms with Crippen LogP contribution in [0.25, 0.3) is 0 Å². The van der Waals surface area contributed by atoms with Gasteiger partial charge in [0.05, 0.1) is 5.02 Å². The van der Waals surface area contributed by atoms with E-state index in [2.05, 4.69) is 5.32 Å². The van der Waals surface area contributed by atoms with E-state index in [9.17, 15) is 19.1 Å². The third-order valence-electron chi connectivity index (χ3n) is 3.17. The average Bonchev–Trinajstić information content (AvgIpc) is 2.40. The lowest BCUT2D eigenvalue weighted by molar-refractivity contribution is -0.142. The second-order valence-electron chi connectivity index (χ2n) is 4.47. The topological polar surface area (TPSA) is 66.4 Å². The van der Waals surface area contributed by atoms with E-state index in [-0.39, 0.29) is 22.4 Å². The summed E-state index contributed by atoms with van der Waals surface area (Å²) < 4.78 is 13.4. The Morgan fingerprint density at radius 3 is 2.40 bits per heavy atom. The van der Waals surface area contributed by atoms with Crippen molar-refractivity contribution in [2.45, 2.75) is 32.7 Å². The Morgan fingerprint density at radius 1 is 1.35 bits per heavy atom. The Kier molecular flexibility index (Phi) is 5.95. The Bertz CT molecular complexity index is 503. The average molecular weight is 302 g/mol. The van der Waals surface area contributed by atoms with Crippen molar-refractivity contribution in [3.8, 4) is 0 Å². The van der Waals surface area contributed by atoms with Crippen LogP contribution in [0.2, 0.25) is 5.02 Å².